The van der Waals surface area contributed by atoms with Crippen LogP contribution in [0.2, 0.25) is 5.02 Å². The summed E-state index contributed by atoms with van der Waals surface area (Å²) in [6.45, 7) is 2.04. The second kappa shape index (κ2) is 6.51. The summed E-state index contributed by atoms with van der Waals surface area (Å²) in [6.07, 6.45) is 0. The number of rotatable bonds is 4. The SMILES string of the molecule is O=C(O)[C@H]1CN(Cc2ccccc2)C[C@@H]1c1ccccc1Cl. The van der Waals surface area contributed by atoms with E-state index in [1.165, 1.54) is 5.56 Å². The molecule has 22 heavy (non-hydrogen) atoms. The zero-order valence-electron chi connectivity index (χ0n) is 12.2. The van der Waals surface area contributed by atoms with Crippen molar-refractivity contribution in [2.75, 3.05) is 13.1 Å². The summed E-state index contributed by atoms with van der Waals surface area (Å²) >= 11 is 6.27. The van der Waals surface area contributed by atoms with Crippen molar-refractivity contribution in [3.8, 4) is 0 Å². The molecule has 3 nitrogen and oxygen atoms in total. The largest absolute Gasteiger partial charge is 0.481 e. The second-order valence-electron chi connectivity index (χ2n) is 5.75. The fourth-order valence-electron chi connectivity index (χ4n) is 3.20. The Morgan fingerprint density at radius 1 is 1.09 bits per heavy atom. The molecule has 0 aliphatic carbocycles. The Balaban J connectivity index is 1.81. The molecule has 0 bridgehead atoms. The van der Waals surface area contributed by atoms with Gasteiger partial charge in [-0.3, -0.25) is 9.69 Å². The van der Waals surface area contributed by atoms with Gasteiger partial charge >= 0.3 is 5.97 Å². The lowest BCUT2D eigenvalue weighted by Gasteiger charge is -2.17. The van der Waals surface area contributed by atoms with Gasteiger partial charge in [0.1, 0.15) is 0 Å². The van der Waals surface area contributed by atoms with Gasteiger partial charge in [-0.15, -0.1) is 0 Å². The zero-order chi connectivity index (χ0) is 15.5. The maximum absolute atomic E-state index is 11.6. The Kier molecular flexibility index (Phi) is 4.46. The molecule has 1 saturated heterocycles. The summed E-state index contributed by atoms with van der Waals surface area (Å²) in [6, 6.07) is 17.7. The number of carboxylic acids is 1. The third-order valence-electron chi connectivity index (χ3n) is 4.27. The van der Waals surface area contributed by atoms with Crippen LogP contribution in [0.1, 0.15) is 17.0 Å². The van der Waals surface area contributed by atoms with E-state index in [0.717, 1.165) is 18.7 Å². The molecular formula is C18H18ClNO2. The number of aliphatic carboxylic acids is 1. The Bertz CT molecular complexity index is 659. The van der Waals surface area contributed by atoms with Crippen LogP contribution in [0, 0.1) is 5.92 Å². The van der Waals surface area contributed by atoms with Gasteiger partial charge in [-0.25, -0.2) is 0 Å². The maximum atomic E-state index is 11.6. The lowest BCUT2D eigenvalue weighted by molar-refractivity contribution is -0.141. The highest BCUT2D eigenvalue weighted by atomic mass is 35.5. The summed E-state index contributed by atoms with van der Waals surface area (Å²) in [4.78, 5) is 13.8. The number of likely N-dealkylation sites (tertiary alicyclic amines) is 1. The summed E-state index contributed by atoms with van der Waals surface area (Å²) in [7, 11) is 0. The van der Waals surface area contributed by atoms with Crippen LogP contribution in [0.25, 0.3) is 0 Å². The fraction of sp³-hybridized carbons (Fsp3) is 0.278. The molecule has 1 aliphatic heterocycles. The smallest absolute Gasteiger partial charge is 0.308 e. The van der Waals surface area contributed by atoms with Crippen molar-refractivity contribution >= 4 is 17.6 Å². The van der Waals surface area contributed by atoms with E-state index in [2.05, 4.69) is 17.0 Å². The first-order chi connectivity index (χ1) is 10.6. The third kappa shape index (κ3) is 3.16. The molecule has 0 spiro atoms. The number of carbonyl (C=O) groups is 1. The first kappa shape index (κ1) is 15.1. The molecule has 2 aromatic rings. The van der Waals surface area contributed by atoms with E-state index in [1.54, 1.807) is 0 Å². The Morgan fingerprint density at radius 2 is 1.77 bits per heavy atom. The molecular weight excluding hydrogens is 298 g/mol. The van der Waals surface area contributed by atoms with Gasteiger partial charge in [0, 0.05) is 30.6 Å². The van der Waals surface area contributed by atoms with Gasteiger partial charge in [-0.1, -0.05) is 60.1 Å². The molecule has 114 valence electrons. The van der Waals surface area contributed by atoms with E-state index in [9.17, 15) is 9.90 Å². The van der Waals surface area contributed by atoms with Crippen molar-refractivity contribution in [3.63, 3.8) is 0 Å². The Hall–Kier alpha value is -1.84. The molecule has 2 atom stereocenters. The van der Waals surface area contributed by atoms with Crippen molar-refractivity contribution in [2.45, 2.75) is 12.5 Å². The molecule has 1 aliphatic rings. The van der Waals surface area contributed by atoms with Crippen LogP contribution in [0.3, 0.4) is 0 Å². The van der Waals surface area contributed by atoms with Crippen molar-refractivity contribution < 1.29 is 9.90 Å². The molecule has 1 N–H and O–H groups in total. The van der Waals surface area contributed by atoms with Gasteiger partial charge in [0.15, 0.2) is 0 Å². The fourth-order valence-corrected chi connectivity index (χ4v) is 3.47. The second-order valence-corrected chi connectivity index (χ2v) is 6.16. The van der Waals surface area contributed by atoms with E-state index >= 15 is 0 Å². The van der Waals surface area contributed by atoms with Crippen molar-refractivity contribution in [1.29, 1.82) is 0 Å². The van der Waals surface area contributed by atoms with Crippen molar-refractivity contribution in [3.05, 3.63) is 70.7 Å². The first-order valence-corrected chi connectivity index (χ1v) is 7.76. The highest BCUT2D eigenvalue weighted by molar-refractivity contribution is 6.31. The zero-order valence-corrected chi connectivity index (χ0v) is 12.9. The Morgan fingerprint density at radius 3 is 2.45 bits per heavy atom. The monoisotopic (exact) mass is 315 g/mol. The normalized spacial score (nSPS) is 21.9. The van der Waals surface area contributed by atoms with Crippen LogP contribution in [-0.4, -0.2) is 29.1 Å². The van der Waals surface area contributed by atoms with Crippen molar-refractivity contribution in [2.24, 2.45) is 5.92 Å². The minimum Gasteiger partial charge on any atom is -0.481 e. The number of benzene rings is 2. The predicted molar refractivity (Wildman–Crippen MR) is 87.0 cm³/mol. The molecule has 0 saturated carbocycles. The summed E-state index contributed by atoms with van der Waals surface area (Å²) in [5.74, 6) is -1.22. The summed E-state index contributed by atoms with van der Waals surface area (Å²) in [5, 5.41) is 10.2. The molecule has 1 heterocycles. The molecule has 1 fully saturated rings. The molecule has 2 aromatic carbocycles. The minimum atomic E-state index is -0.750. The van der Waals surface area contributed by atoms with E-state index in [1.807, 2.05) is 42.5 Å². The van der Waals surface area contributed by atoms with Gasteiger partial charge in [0.2, 0.25) is 0 Å². The third-order valence-corrected chi connectivity index (χ3v) is 4.61. The molecule has 3 rings (SSSR count). The number of nitrogens with zero attached hydrogens (tertiary/aromatic N) is 1. The number of carboxylic acid groups (broad SMARTS) is 1. The molecule has 0 unspecified atom stereocenters. The average Bonchev–Trinajstić information content (AvgIpc) is 2.92. The lowest BCUT2D eigenvalue weighted by atomic mass is 9.89. The molecule has 0 amide bonds. The quantitative estimate of drug-likeness (QED) is 0.936. The Labute approximate surface area is 135 Å². The first-order valence-electron chi connectivity index (χ1n) is 7.38. The van der Waals surface area contributed by atoms with Gasteiger partial charge in [-0.2, -0.15) is 0 Å². The van der Waals surface area contributed by atoms with E-state index in [4.69, 9.17) is 11.6 Å². The predicted octanol–water partition coefficient (Wildman–Crippen LogP) is 3.64. The van der Waals surface area contributed by atoms with Crippen LogP contribution >= 0.6 is 11.6 Å². The van der Waals surface area contributed by atoms with Gasteiger partial charge in [0.05, 0.1) is 5.92 Å². The number of hydrogen-bond acceptors (Lipinski definition) is 2. The number of halogens is 1. The van der Waals surface area contributed by atoms with Crippen LogP contribution in [-0.2, 0) is 11.3 Å². The summed E-state index contributed by atoms with van der Waals surface area (Å²) in [5.41, 5.74) is 2.14. The summed E-state index contributed by atoms with van der Waals surface area (Å²) < 4.78 is 0. The van der Waals surface area contributed by atoms with Crippen LogP contribution in [0.5, 0.6) is 0 Å². The highest BCUT2D eigenvalue weighted by Crippen LogP contribution is 2.36. The van der Waals surface area contributed by atoms with Crippen LogP contribution in [0.15, 0.2) is 54.6 Å². The standard InChI is InChI=1S/C18H18ClNO2/c19-17-9-5-4-8-14(17)15-11-20(12-16(15)18(21)22)10-13-6-2-1-3-7-13/h1-9,15-16H,10-12H2,(H,21,22)/t15-,16+/m1/s1. The molecule has 0 radical (unpaired) electrons. The average molecular weight is 316 g/mol. The maximum Gasteiger partial charge on any atom is 0.308 e. The van der Waals surface area contributed by atoms with Crippen LogP contribution in [0.4, 0.5) is 0 Å². The molecule has 0 aromatic heterocycles. The van der Waals surface area contributed by atoms with E-state index in [0.29, 0.717) is 11.6 Å². The van der Waals surface area contributed by atoms with E-state index in [-0.39, 0.29) is 5.92 Å². The lowest BCUT2D eigenvalue weighted by Crippen LogP contribution is -2.23. The van der Waals surface area contributed by atoms with Crippen LogP contribution < -0.4 is 0 Å². The minimum absolute atomic E-state index is 0.0603. The van der Waals surface area contributed by atoms with Gasteiger partial charge < -0.3 is 5.11 Å². The molecule has 4 heteroatoms. The van der Waals surface area contributed by atoms with Gasteiger partial charge in [0.25, 0.3) is 0 Å². The van der Waals surface area contributed by atoms with Gasteiger partial charge in [-0.05, 0) is 17.2 Å². The topological polar surface area (TPSA) is 40.5 Å². The number of hydrogen-bond donors (Lipinski definition) is 1. The van der Waals surface area contributed by atoms with E-state index < -0.39 is 11.9 Å². The van der Waals surface area contributed by atoms with Crippen molar-refractivity contribution in [1.82, 2.24) is 4.90 Å². The highest BCUT2D eigenvalue weighted by Gasteiger charge is 2.39.